The monoisotopic (exact) mass is 1030 g/mol. The molecule has 0 aromatic carbocycles. The molecule has 14 heteroatoms. The van der Waals surface area contributed by atoms with E-state index in [9.17, 15) is 40.5 Å². The molecule has 2 aliphatic rings. The van der Waals surface area contributed by atoms with Gasteiger partial charge in [-0.2, -0.15) is 0 Å². The molecule has 0 amide bonds. The van der Waals surface area contributed by atoms with Crippen LogP contribution >= 0.6 is 0 Å². The molecule has 0 bridgehead atoms. The van der Waals surface area contributed by atoms with Crippen LogP contribution in [0.2, 0.25) is 0 Å². The number of carbonyl (C=O) groups is 1. The SMILES string of the molecule is CCCCCCCC/C=C\CCCCCCCCCCCC(=O)OC(COCCCCCCCCCCCCCCCCCCCCC)COC1OC(COC2OC(CO)C(O)C(O)C2O)C(O)C(O)C1O. The van der Waals surface area contributed by atoms with Gasteiger partial charge in [-0.25, -0.2) is 0 Å². The van der Waals surface area contributed by atoms with Crippen molar-refractivity contribution in [2.45, 2.75) is 319 Å². The van der Waals surface area contributed by atoms with Crippen LogP contribution in [0.3, 0.4) is 0 Å². The van der Waals surface area contributed by atoms with E-state index in [0.29, 0.717) is 13.0 Å². The maximum atomic E-state index is 13.1. The van der Waals surface area contributed by atoms with Gasteiger partial charge >= 0.3 is 5.97 Å². The van der Waals surface area contributed by atoms with Gasteiger partial charge in [-0.1, -0.05) is 219 Å². The van der Waals surface area contributed by atoms with Crippen LogP contribution in [0, 0.1) is 0 Å². The first-order chi connectivity index (χ1) is 35.1. The number of carbonyl (C=O) groups excluding carboxylic acids is 1. The van der Waals surface area contributed by atoms with Crippen molar-refractivity contribution in [3.63, 3.8) is 0 Å². The van der Waals surface area contributed by atoms with E-state index in [4.69, 9.17) is 28.4 Å². The molecule has 0 aromatic rings. The number of allylic oxidation sites excluding steroid dienone is 2. The van der Waals surface area contributed by atoms with E-state index in [2.05, 4.69) is 26.0 Å². The lowest BCUT2D eigenvalue weighted by Gasteiger charge is -2.42. The number of hydrogen-bond donors (Lipinski definition) is 7. The molecule has 0 saturated carbocycles. The van der Waals surface area contributed by atoms with Gasteiger partial charge in [-0.05, 0) is 38.5 Å². The molecule has 2 fully saturated rings. The molecule has 2 saturated heterocycles. The van der Waals surface area contributed by atoms with Crippen molar-refractivity contribution in [1.29, 1.82) is 0 Å². The second-order valence-corrected chi connectivity index (χ2v) is 21.2. The number of aliphatic hydroxyl groups is 7. The third kappa shape index (κ3) is 32.3. The minimum Gasteiger partial charge on any atom is -0.457 e. The van der Waals surface area contributed by atoms with Crippen LogP contribution in [0.25, 0.3) is 0 Å². The molecule has 14 nitrogen and oxygen atoms in total. The summed E-state index contributed by atoms with van der Waals surface area (Å²) >= 11 is 0. The molecule has 11 atom stereocenters. The summed E-state index contributed by atoms with van der Waals surface area (Å²) in [5, 5.41) is 72.3. The average molecular weight is 1030 g/mol. The van der Waals surface area contributed by atoms with Gasteiger partial charge in [0.2, 0.25) is 0 Å². The van der Waals surface area contributed by atoms with Crippen molar-refractivity contribution in [2.24, 2.45) is 0 Å². The van der Waals surface area contributed by atoms with Gasteiger partial charge in [0, 0.05) is 13.0 Å². The van der Waals surface area contributed by atoms with E-state index in [1.54, 1.807) is 0 Å². The number of esters is 1. The summed E-state index contributed by atoms with van der Waals surface area (Å²) in [4.78, 5) is 13.1. The Balaban J connectivity index is 1.70. The molecule has 0 spiro atoms. The van der Waals surface area contributed by atoms with Crippen molar-refractivity contribution < 1.29 is 69.0 Å². The average Bonchev–Trinajstić information content (AvgIpc) is 3.38. The smallest absolute Gasteiger partial charge is 0.306 e. The molecular formula is C58H110O14. The Morgan fingerprint density at radius 3 is 1.26 bits per heavy atom. The van der Waals surface area contributed by atoms with Crippen molar-refractivity contribution in [3.05, 3.63) is 12.2 Å². The predicted octanol–water partition coefficient (Wildman–Crippen LogP) is 10.6. The largest absolute Gasteiger partial charge is 0.457 e. The molecule has 0 aliphatic carbocycles. The fourth-order valence-corrected chi connectivity index (χ4v) is 9.69. The second kappa shape index (κ2) is 45.9. The normalized spacial score (nSPS) is 25.1. The molecule has 2 aliphatic heterocycles. The Kier molecular flexibility index (Phi) is 42.6. The van der Waals surface area contributed by atoms with E-state index in [-0.39, 0.29) is 25.6 Å². The van der Waals surface area contributed by atoms with Gasteiger partial charge < -0.3 is 64.2 Å². The summed E-state index contributed by atoms with van der Waals surface area (Å²) in [6.45, 7) is 3.74. The number of rotatable bonds is 49. The lowest BCUT2D eigenvalue weighted by Crippen LogP contribution is -2.61. The summed E-state index contributed by atoms with van der Waals surface area (Å²) < 4.78 is 34.4. The van der Waals surface area contributed by atoms with Gasteiger partial charge in [-0.15, -0.1) is 0 Å². The molecule has 7 N–H and O–H groups in total. The third-order valence-corrected chi connectivity index (χ3v) is 14.5. The Labute approximate surface area is 437 Å². The standard InChI is InChI=1S/C58H110O14/c1-3-5-7-9-11-13-15-17-19-21-23-25-27-29-31-33-35-37-39-41-50(60)70-47(44-67-42-40-38-36-34-32-30-28-26-24-22-20-18-16-14-12-10-8-6-4-2)45-68-57-56(66)54(64)52(62)49(72-57)46-69-58-55(65)53(63)51(61)48(43-59)71-58/h17,19,47-49,51-59,61-66H,3-16,18,20-46H2,1-2H3/b19-17-. The number of hydrogen-bond acceptors (Lipinski definition) is 14. The van der Waals surface area contributed by atoms with Gasteiger partial charge in [0.15, 0.2) is 12.6 Å². The van der Waals surface area contributed by atoms with Crippen molar-refractivity contribution in [2.75, 3.05) is 33.0 Å². The summed E-state index contributed by atoms with van der Waals surface area (Å²) in [5.74, 6) is -0.372. The zero-order chi connectivity index (χ0) is 52.3. The van der Waals surface area contributed by atoms with Crippen LogP contribution in [0.15, 0.2) is 12.2 Å². The topological polar surface area (TPSA) is 214 Å². The molecule has 0 radical (unpaired) electrons. The van der Waals surface area contributed by atoms with Gasteiger partial charge in [0.1, 0.15) is 54.9 Å². The van der Waals surface area contributed by atoms with Crippen LogP contribution in [0.1, 0.15) is 251 Å². The Morgan fingerprint density at radius 1 is 0.444 bits per heavy atom. The second-order valence-electron chi connectivity index (χ2n) is 21.2. The lowest BCUT2D eigenvalue weighted by molar-refractivity contribution is -0.332. The third-order valence-electron chi connectivity index (χ3n) is 14.5. The summed E-state index contributed by atoms with van der Waals surface area (Å²) in [5.41, 5.74) is 0. The number of ether oxygens (including phenoxy) is 6. The van der Waals surface area contributed by atoms with Crippen LogP contribution < -0.4 is 0 Å². The minimum absolute atomic E-state index is 0.0674. The van der Waals surface area contributed by atoms with Crippen LogP contribution in [0.4, 0.5) is 0 Å². The fourth-order valence-electron chi connectivity index (χ4n) is 9.69. The Bertz CT molecular complexity index is 1240. The van der Waals surface area contributed by atoms with Crippen molar-refractivity contribution >= 4 is 5.97 Å². The first-order valence-electron chi connectivity index (χ1n) is 29.8. The zero-order valence-electron chi connectivity index (χ0n) is 45.7. The molecule has 2 heterocycles. The van der Waals surface area contributed by atoms with E-state index in [1.165, 1.54) is 186 Å². The fraction of sp³-hybridized carbons (Fsp3) is 0.948. The van der Waals surface area contributed by atoms with Crippen LogP contribution in [-0.2, 0) is 33.2 Å². The highest BCUT2D eigenvalue weighted by molar-refractivity contribution is 5.69. The molecule has 426 valence electrons. The minimum atomic E-state index is -1.70. The predicted molar refractivity (Wildman–Crippen MR) is 284 cm³/mol. The number of unbranched alkanes of at least 4 members (excludes halogenated alkanes) is 33. The summed E-state index contributed by atoms with van der Waals surface area (Å²) in [6.07, 6.45) is 34.1. The van der Waals surface area contributed by atoms with E-state index < -0.39 is 80.7 Å². The van der Waals surface area contributed by atoms with Gasteiger partial charge in [0.05, 0.1) is 26.4 Å². The Hall–Kier alpha value is -1.27. The van der Waals surface area contributed by atoms with E-state index in [0.717, 1.165) is 38.5 Å². The molecule has 11 unspecified atom stereocenters. The van der Waals surface area contributed by atoms with E-state index in [1.807, 2.05) is 0 Å². The molecular weight excluding hydrogens is 921 g/mol. The van der Waals surface area contributed by atoms with E-state index >= 15 is 0 Å². The first-order valence-corrected chi connectivity index (χ1v) is 29.8. The van der Waals surface area contributed by atoms with Crippen LogP contribution in [0.5, 0.6) is 0 Å². The van der Waals surface area contributed by atoms with Gasteiger partial charge in [-0.3, -0.25) is 4.79 Å². The quantitative estimate of drug-likeness (QED) is 0.0172. The highest BCUT2D eigenvalue weighted by atomic mass is 16.7. The molecule has 72 heavy (non-hydrogen) atoms. The van der Waals surface area contributed by atoms with Gasteiger partial charge in [0.25, 0.3) is 0 Å². The van der Waals surface area contributed by atoms with Crippen molar-refractivity contribution in [3.8, 4) is 0 Å². The maximum Gasteiger partial charge on any atom is 0.306 e. The summed E-state index contributed by atoms with van der Waals surface area (Å²) in [6, 6.07) is 0. The number of aliphatic hydroxyl groups excluding tert-OH is 7. The zero-order valence-corrected chi connectivity index (χ0v) is 45.7. The summed E-state index contributed by atoms with van der Waals surface area (Å²) in [7, 11) is 0. The molecule has 0 aromatic heterocycles. The lowest BCUT2D eigenvalue weighted by atomic mass is 9.98. The first kappa shape index (κ1) is 66.8. The highest BCUT2D eigenvalue weighted by Crippen LogP contribution is 2.27. The van der Waals surface area contributed by atoms with Crippen LogP contribution in [-0.4, -0.2) is 142 Å². The Morgan fingerprint density at radius 2 is 0.819 bits per heavy atom. The molecule has 2 rings (SSSR count). The van der Waals surface area contributed by atoms with Crippen molar-refractivity contribution in [1.82, 2.24) is 0 Å². The maximum absolute atomic E-state index is 13.1. The highest BCUT2D eigenvalue weighted by Gasteiger charge is 2.47.